The van der Waals surface area contributed by atoms with Crippen molar-refractivity contribution in [2.45, 2.75) is 89.8 Å². The fourth-order valence-corrected chi connectivity index (χ4v) is 5.51. The van der Waals surface area contributed by atoms with Crippen LogP contribution in [0.2, 0.25) is 0 Å². The lowest BCUT2D eigenvalue weighted by Gasteiger charge is -2.28. The molecular formula is C30H40N6O5. The van der Waals surface area contributed by atoms with Gasteiger partial charge in [-0.3, -0.25) is 29.0 Å². The summed E-state index contributed by atoms with van der Waals surface area (Å²) in [5.41, 5.74) is 1.24. The van der Waals surface area contributed by atoms with Gasteiger partial charge in [-0.1, -0.05) is 45.2 Å². The lowest BCUT2D eigenvalue weighted by Crippen LogP contribution is -2.56. The quantitative estimate of drug-likeness (QED) is 0.305. The Morgan fingerprint density at radius 2 is 1.68 bits per heavy atom. The first-order valence-corrected chi connectivity index (χ1v) is 14.7. The molecule has 11 heteroatoms. The average Bonchev–Trinajstić information content (AvgIpc) is 2.97. The van der Waals surface area contributed by atoms with Crippen molar-refractivity contribution in [1.29, 1.82) is 0 Å². The molecule has 2 heterocycles. The smallest absolute Gasteiger partial charge is 0.289 e. The van der Waals surface area contributed by atoms with Gasteiger partial charge in [0.1, 0.15) is 11.7 Å². The van der Waals surface area contributed by atoms with E-state index in [0.717, 1.165) is 38.5 Å². The van der Waals surface area contributed by atoms with Gasteiger partial charge in [-0.2, -0.15) is 0 Å². The fraction of sp³-hybridized carbons (Fsp3) is 0.567. The molecule has 2 aromatic rings. The van der Waals surface area contributed by atoms with Crippen molar-refractivity contribution in [2.75, 3.05) is 6.54 Å². The number of para-hydroxylation sites is 2. The van der Waals surface area contributed by atoms with Crippen molar-refractivity contribution in [2.24, 2.45) is 11.8 Å². The second-order valence-corrected chi connectivity index (χ2v) is 11.5. The van der Waals surface area contributed by atoms with Gasteiger partial charge in [0.15, 0.2) is 0 Å². The standard InChI is InChI=1S/C30H40N6O5/c1-18(2)15-24(36-29(40)25-17-32-21-12-6-7-13-22(21)34-25)28(39)35-23(16-19-9-8-14-31-27(19)38)26(37)30(41)33-20-10-4-3-5-11-20/h6-7,12-13,17-20,23-24H,3-5,8-11,14-16H2,1-2H3,(H,31,38)(H,33,41)(H,35,39)(H,36,40)/t19-,23-,24-/m0/s1. The first-order chi connectivity index (χ1) is 19.7. The molecule has 1 aromatic heterocycles. The minimum Gasteiger partial charge on any atom is -0.356 e. The Kier molecular flexibility index (Phi) is 10.4. The largest absolute Gasteiger partial charge is 0.356 e. The zero-order valence-corrected chi connectivity index (χ0v) is 23.8. The highest BCUT2D eigenvalue weighted by Gasteiger charge is 2.35. The minimum atomic E-state index is -1.20. The third-order valence-electron chi connectivity index (χ3n) is 7.73. The number of hydrogen-bond acceptors (Lipinski definition) is 7. The molecule has 1 aromatic carbocycles. The van der Waals surface area contributed by atoms with Crippen LogP contribution in [0.25, 0.3) is 11.0 Å². The van der Waals surface area contributed by atoms with E-state index in [2.05, 4.69) is 31.2 Å². The predicted molar refractivity (Wildman–Crippen MR) is 153 cm³/mol. The predicted octanol–water partition coefficient (Wildman–Crippen LogP) is 2.19. The van der Waals surface area contributed by atoms with E-state index >= 15 is 0 Å². The Balaban J connectivity index is 1.49. The third-order valence-corrected chi connectivity index (χ3v) is 7.73. The van der Waals surface area contributed by atoms with Crippen LogP contribution in [0.5, 0.6) is 0 Å². The molecule has 4 amide bonds. The second-order valence-electron chi connectivity index (χ2n) is 11.5. The number of rotatable bonds is 11. The number of hydrogen-bond donors (Lipinski definition) is 4. The number of fused-ring (bicyclic) bond motifs is 1. The van der Waals surface area contributed by atoms with Gasteiger partial charge in [0, 0.05) is 18.5 Å². The van der Waals surface area contributed by atoms with Gasteiger partial charge in [-0.25, -0.2) is 4.98 Å². The van der Waals surface area contributed by atoms with E-state index in [4.69, 9.17) is 0 Å². The molecule has 4 rings (SSSR count). The summed E-state index contributed by atoms with van der Waals surface area (Å²) < 4.78 is 0. The van der Waals surface area contributed by atoms with Crippen LogP contribution in [-0.4, -0.2) is 64.1 Å². The van der Waals surface area contributed by atoms with Gasteiger partial charge in [0.05, 0.1) is 23.3 Å². The summed E-state index contributed by atoms with van der Waals surface area (Å²) in [4.78, 5) is 74.2. The van der Waals surface area contributed by atoms with Crippen LogP contribution >= 0.6 is 0 Å². The van der Waals surface area contributed by atoms with Gasteiger partial charge >= 0.3 is 0 Å². The van der Waals surface area contributed by atoms with Crippen molar-refractivity contribution < 1.29 is 24.0 Å². The SMILES string of the molecule is CC(C)C[C@H](NC(=O)c1cnc2ccccc2n1)C(=O)N[C@@H](C[C@@H]1CCCNC1=O)C(=O)C(=O)NC1CCCCC1. The summed E-state index contributed by atoms with van der Waals surface area (Å²) in [6.45, 7) is 4.38. The Labute approximate surface area is 240 Å². The molecule has 0 bridgehead atoms. The first-order valence-electron chi connectivity index (χ1n) is 14.7. The summed E-state index contributed by atoms with van der Waals surface area (Å²) in [5.74, 6) is -3.38. The maximum absolute atomic E-state index is 13.6. The number of nitrogens with zero attached hydrogens (tertiary/aromatic N) is 2. The van der Waals surface area contributed by atoms with Gasteiger partial charge in [0.25, 0.3) is 11.8 Å². The monoisotopic (exact) mass is 564 g/mol. The van der Waals surface area contributed by atoms with Crippen LogP contribution in [0, 0.1) is 11.8 Å². The van der Waals surface area contributed by atoms with Crippen LogP contribution < -0.4 is 21.3 Å². The molecule has 4 N–H and O–H groups in total. The third kappa shape index (κ3) is 8.31. The van der Waals surface area contributed by atoms with Crippen LogP contribution in [0.4, 0.5) is 0 Å². The Morgan fingerprint density at radius 1 is 0.951 bits per heavy atom. The summed E-state index contributed by atoms with van der Waals surface area (Å²) in [6, 6.07) is 4.87. The Hall–Kier alpha value is -3.89. The number of nitrogens with one attached hydrogen (secondary N) is 4. The van der Waals surface area contributed by atoms with Gasteiger partial charge < -0.3 is 21.3 Å². The number of aromatic nitrogens is 2. The van der Waals surface area contributed by atoms with Crippen molar-refractivity contribution >= 4 is 40.4 Å². The fourth-order valence-electron chi connectivity index (χ4n) is 5.51. The van der Waals surface area contributed by atoms with Crippen molar-refractivity contribution in [3.63, 3.8) is 0 Å². The van der Waals surface area contributed by atoms with Gasteiger partial charge in [-0.05, 0) is 56.6 Å². The van der Waals surface area contributed by atoms with E-state index < -0.39 is 41.5 Å². The summed E-state index contributed by atoms with van der Waals surface area (Å²) >= 11 is 0. The summed E-state index contributed by atoms with van der Waals surface area (Å²) in [7, 11) is 0. The van der Waals surface area contributed by atoms with Crippen LogP contribution in [0.1, 0.15) is 82.1 Å². The molecule has 41 heavy (non-hydrogen) atoms. The highest BCUT2D eigenvalue weighted by molar-refractivity contribution is 6.38. The molecule has 11 nitrogen and oxygen atoms in total. The highest BCUT2D eigenvalue weighted by Crippen LogP contribution is 2.20. The number of Topliss-reactive ketones (excluding diaryl/α,β-unsaturated/α-hetero) is 1. The number of carbonyl (C=O) groups excluding carboxylic acids is 5. The second kappa shape index (κ2) is 14.1. The van der Waals surface area contributed by atoms with Crippen molar-refractivity contribution in [3.8, 4) is 0 Å². The maximum Gasteiger partial charge on any atom is 0.289 e. The molecule has 1 aliphatic carbocycles. The summed E-state index contributed by atoms with van der Waals surface area (Å²) in [5, 5.41) is 11.1. The van der Waals surface area contributed by atoms with E-state index in [-0.39, 0.29) is 36.4 Å². The van der Waals surface area contributed by atoms with Gasteiger partial charge in [-0.15, -0.1) is 0 Å². The lowest BCUT2D eigenvalue weighted by atomic mass is 9.89. The maximum atomic E-state index is 13.6. The minimum absolute atomic E-state index is 0.00693. The molecule has 1 aliphatic heterocycles. The molecule has 0 radical (unpaired) electrons. The molecule has 1 saturated heterocycles. The van der Waals surface area contributed by atoms with Crippen molar-refractivity contribution in [1.82, 2.24) is 31.2 Å². The van der Waals surface area contributed by atoms with E-state index in [1.165, 1.54) is 6.20 Å². The number of benzene rings is 1. The molecular weight excluding hydrogens is 524 g/mol. The van der Waals surface area contributed by atoms with Crippen molar-refractivity contribution in [3.05, 3.63) is 36.2 Å². The zero-order chi connectivity index (χ0) is 29.4. The molecule has 2 aliphatic rings. The molecule has 1 saturated carbocycles. The molecule has 2 fully saturated rings. The van der Waals surface area contributed by atoms with Gasteiger partial charge in [0.2, 0.25) is 17.6 Å². The first kappa shape index (κ1) is 30.1. The van der Waals surface area contributed by atoms with Crippen LogP contribution in [0.15, 0.2) is 30.5 Å². The number of amides is 4. The normalized spacial score (nSPS) is 19.2. The van der Waals surface area contributed by atoms with Crippen LogP contribution in [0.3, 0.4) is 0 Å². The molecule has 220 valence electrons. The number of ketones is 1. The number of carbonyl (C=O) groups is 5. The molecule has 3 atom stereocenters. The molecule has 0 spiro atoms. The van der Waals surface area contributed by atoms with E-state index in [9.17, 15) is 24.0 Å². The summed E-state index contributed by atoms with van der Waals surface area (Å²) in [6.07, 6.45) is 7.64. The average molecular weight is 565 g/mol. The van der Waals surface area contributed by atoms with E-state index in [0.29, 0.717) is 24.0 Å². The Bertz CT molecular complexity index is 1280. The molecule has 0 unspecified atom stereocenters. The number of piperidine rings is 1. The lowest BCUT2D eigenvalue weighted by molar-refractivity contribution is -0.141. The van der Waals surface area contributed by atoms with E-state index in [1.54, 1.807) is 18.2 Å². The topological polar surface area (TPSA) is 159 Å². The van der Waals surface area contributed by atoms with Crippen LogP contribution in [-0.2, 0) is 19.2 Å². The zero-order valence-electron chi connectivity index (χ0n) is 23.8. The van der Waals surface area contributed by atoms with E-state index in [1.807, 2.05) is 19.9 Å². The highest BCUT2D eigenvalue weighted by atomic mass is 16.2. The Morgan fingerprint density at radius 3 is 2.39 bits per heavy atom.